The largest absolute Gasteiger partial charge is 0.368 e. The molecule has 4 aliphatic rings. The fourth-order valence-electron chi connectivity index (χ4n) is 6.12. The minimum atomic E-state index is -0.568. The fourth-order valence-corrected chi connectivity index (χ4v) is 6.12. The number of fused-ring (bicyclic) bond motifs is 1. The maximum atomic E-state index is 13.3. The highest BCUT2D eigenvalue weighted by atomic mass is 35.5. The SMILES string of the molecule is CCCCCN(c1cccc2c1CN(C1CCC(=O)NC1=O)C2=O)C1CCC(NCC2CC2)CC1.Cl. The summed E-state index contributed by atoms with van der Waals surface area (Å²) in [6, 6.07) is 6.62. The van der Waals surface area contributed by atoms with Crippen LogP contribution in [0.5, 0.6) is 0 Å². The van der Waals surface area contributed by atoms with Gasteiger partial charge in [-0.2, -0.15) is 0 Å². The van der Waals surface area contributed by atoms with Crippen LogP contribution in [0.3, 0.4) is 0 Å². The minimum Gasteiger partial charge on any atom is -0.368 e. The Balaban J connectivity index is 0.00000304. The molecular weight excluding hydrogens is 476 g/mol. The number of unbranched alkanes of at least 4 members (excludes halogenated alkanes) is 2. The first-order valence-corrected chi connectivity index (χ1v) is 13.8. The zero-order valence-corrected chi connectivity index (χ0v) is 22.3. The van der Waals surface area contributed by atoms with Crippen LogP contribution in [0.2, 0.25) is 0 Å². The number of imide groups is 1. The van der Waals surface area contributed by atoms with Gasteiger partial charge in [0.05, 0.1) is 0 Å². The monoisotopic (exact) mass is 516 g/mol. The van der Waals surface area contributed by atoms with Crippen molar-refractivity contribution in [3.63, 3.8) is 0 Å². The average Bonchev–Trinajstić information content (AvgIpc) is 3.63. The second kappa shape index (κ2) is 12.0. The zero-order chi connectivity index (χ0) is 24.4. The number of amides is 3. The molecule has 0 radical (unpaired) electrons. The van der Waals surface area contributed by atoms with E-state index in [-0.39, 0.29) is 36.5 Å². The topological polar surface area (TPSA) is 81.8 Å². The van der Waals surface area contributed by atoms with Crippen molar-refractivity contribution < 1.29 is 14.4 Å². The van der Waals surface area contributed by atoms with Crippen LogP contribution in [0, 0.1) is 5.92 Å². The van der Waals surface area contributed by atoms with E-state index in [4.69, 9.17) is 0 Å². The summed E-state index contributed by atoms with van der Waals surface area (Å²) in [6.45, 7) is 4.86. The third-order valence-electron chi connectivity index (χ3n) is 8.40. The van der Waals surface area contributed by atoms with E-state index >= 15 is 0 Å². The molecule has 2 aliphatic carbocycles. The number of carbonyl (C=O) groups excluding carboxylic acids is 3. The van der Waals surface area contributed by atoms with E-state index in [1.54, 1.807) is 4.90 Å². The van der Waals surface area contributed by atoms with Crippen LogP contribution in [-0.2, 0) is 16.1 Å². The summed E-state index contributed by atoms with van der Waals surface area (Å²) in [5.41, 5.74) is 2.93. The van der Waals surface area contributed by atoms with Crippen molar-refractivity contribution in [1.82, 2.24) is 15.5 Å². The number of nitrogens with zero attached hydrogens (tertiary/aromatic N) is 2. The van der Waals surface area contributed by atoms with Crippen LogP contribution in [0.4, 0.5) is 5.69 Å². The Morgan fingerprint density at radius 2 is 1.81 bits per heavy atom. The smallest absolute Gasteiger partial charge is 0.255 e. The van der Waals surface area contributed by atoms with Gasteiger partial charge in [-0.15, -0.1) is 12.4 Å². The van der Waals surface area contributed by atoms with Crippen LogP contribution >= 0.6 is 12.4 Å². The van der Waals surface area contributed by atoms with Crippen molar-refractivity contribution in [2.45, 2.75) is 102 Å². The lowest BCUT2D eigenvalue weighted by Crippen LogP contribution is -2.52. The standard InChI is InChI=1S/C28H40N4O3.ClH/c1-2-3-4-16-31(21-12-10-20(11-13-21)29-17-19-8-9-19)24-7-5-6-22-23(24)18-32(28(22)35)25-14-15-26(33)30-27(25)34;/h5-7,19-21,25,29H,2-4,8-18H2,1H3,(H,30,33,34);1H. The number of hydrogen-bond donors (Lipinski definition) is 2. The predicted octanol–water partition coefficient (Wildman–Crippen LogP) is 4.18. The molecule has 198 valence electrons. The molecule has 2 N–H and O–H groups in total. The van der Waals surface area contributed by atoms with Gasteiger partial charge in [-0.25, -0.2) is 0 Å². The molecule has 3 fully saturated rings. The third kappa shape index (κ3) is 5.88. The molecule has 36 heavy (non-hydrogen) atoms. The number of halogens is 1. The number of benzene rings is 1. The second-order valence-corrected chi connectivity index (χ2v) is 11.0. The number of rotatable bonds is 10. The van der Waals surface area contributed by atoms with Crippen LogP contribution in [0.25, 0.3) is 0 Å². The quantitative estimate of drug-likeness (QED) is 0.360. The average molecular weight is 517 g/mol. The van der Waals surface area contributed by atoms with Crippen molar-refractivity contribution >= 4 is 35.8 Å². The highest BCUT2D eigenvalue weighted by molar-refractivity contribution is 6.06. The van der Waals surface area contributed by atoms with Gasteiger partial charge in [0.2, 0.25) is 11.8 Å². The van der Waals surface area contributed by atoms with Gasteiger partial charge in [0.15, 0.2) is 0 Å². The molecule has 1 unspecified atom stereocenters. The normalized spacial score (nSPS) is 25.9. The molecule has 1 aromatic rings. The van der Waals surface area contributed by atoms with Gasteiger partial charge in [-0.3, -0.25) is 19.7 Å². The first kappa shape index (κ1) is 26.9. The molecule has 7 nitrogen and oxygen atoms in total. The van der Waals surface area contributed by atoms with Crippen molar-refractivity contribution in [1.29, 1.82) is 0 Å². The molecule has 1 atom stereocenters. The highest BCUT2D eigenvalue weighted by Crippen LogP contribution is 2.37. The molecule has 0 spiro atoms. The number of carbonyl (C=O) groups is 3. The second-order valence-electron chi connectivity index (χ2n) is 11.0. The van der Waals surface area contributed by atoms with Gasteiger partial charge in [-0.05, 0) is 76.0 Å². The van der Waals surface area contributed by atoms with E-state index in [2.05, 4.69) is 28.5 Å². The number of nitrogens with one attached hydrogen (secondary N) is 2. The van der Waals surface area contributed by atoms with Gasteiger partial charge in [0, 0.05) is 48.4 Å². The molecule has 5 rings (SSSR count). The Labute approximate surface area is 221 Å². The Morgan fingerprint density at radius 1 is 1.03 bits per heavy atom. The summed E-state index contributed by atoms with van der Waals surface area (Å²) < 4.78 is 0. The molecule has 2 aliphatic heterocycles. The Hall–Kier alpha value is -2.12. The summed E-state index contributed by atoms with van der Waals surface area (Å²) in [7, 11) is 0. The maximum absolute atomic E-state index is 13.3. The van der Waals surface area contributed by atoms with E-state index < -0.39 is 6.04 Å². The van der Waals surface area contributed by atoms with Crippen molar-refractivity contribution in [2.24, 2.45) is 5.92 Å². The molecule has 0 bridgehead atoms. The lowest BCUT2D eigenvalue weighted by molar-refractivity contribution is -0.136. The van der Waals surface area contributed by atoms with E-state index in [1.807, 2.05) is 12.1 Å². The molecule has 0 aromatic heterocycles. The van der Waals surface area contributed by atoms with E-state index in [1.165, 1.54) is 57.9 Å². The lowest BCUT2D eigenvalue weighted by atomic mass is 9.89. The zero-order valence-electron chi connectivity index (χ0n) is 21.5. The van der Waals surface area contributed by atoms with E-state index in [9.17, 15) is 14.4 Å². The van der Waals surface area contributed by atoms with Crippen LogP contribution in [0.15, 0.2) is 18.2 Å². The molecule has 2 saturated carbocycles. The summed E-state index contributed by atoms with van der Waals surface area (Å²) in [4.78, 5) is 41.7. The first-order valence-electron chi connectivity index (χ1n) is 13.8. The highest BCUT2D eigenvalue weighted by Gasteiger charge is 2.41. The molecule has 3 amide bonds. The maximum Gasteiger partial charge on any atom is 0.255 e. The molecule has 2 heterocycles. The molecule has 8 heteroatoms. The number of piperidine rings is 1. The predicted molar refractivity (Wildman–Crippen MR) is 143 cm³/mol. The van der Waals surface area contributed by atoms with E-state index in [0.29, 0.717) is 30.6 Å². The Morgan fingerprint density at radius 3 is 2.50 bits per heavy atom. The van der Waals surface area contributed by atoms with Crippen molar-refractivity contribution in [3.8, 4) is 0 Å². The van der Waals surface area contributed by atoms with Gasteiger partial charge in [0.1, 0.15) is 6.04 Å². The summed E-state index contributed by atoms with van der Waals surface area (Å²) in [5, 5.41) is 6.21. The van der Waals surface area contributed by atoms with Crippen LogP contribution in [0.1, 0.15) is 93.5 Å². The minimum absolute atomic E-state index is 0. The Kier molecular flexibility index (Phi) is 8.94. The molecule has 1 saturated heterocycles. The van der Waals surface area contributed by atoms with Crippen molar-refractivity contribution in [2.75, 3.05) is 18.0 Å². The third-order valence-corrected chi connectivity index (χ3v) is 8.40. The Bertz CT molecular complexity index is 958. The number of anilines is 1. The van der Waals surface area contributed by atoms with Gasteiger partial charge >= 0.3 is 0 Å². The van der Waals surface area contributed by atoms with Crippen LogP contribution in [-0.4, -0.2) is 53.8 Å². The summed E-state index contributed by atoms with van der Waals surface area (Å²) >= 11 is 0. The molecular formula is C28H41ClN4O3. The lowest BCUT2D eigenvalue weighted by Gasteiger charge is -2.40. The van der Waals surface area contributed by atoms with Gasteiger partial charge in [-0.1, -0.05) is 25.8 Å². The first-order chi connectivity index (χ1) is 17.0. The van der Waals surface area contributed by atoms with Gasteiger partial charge < -0.3 is 15.1 Å². The fraction of sp³-hybridized carbons (Fsp3) is 0.679. The van der Waals surface area contributed by atoms with Crippen molar-refractivity contribution in [3.05, 3.63) is 29.3 Å². The van der Waals surface area contributed by atoms with Gasteiger partial charge in [0.25, 0.3) is 5.91 Å². The summed E-state index contributed by atoms with van der Waals surface area (Å²) in [6.07, 6.45) is 11.7. The number of hydrogen-bond acceptors (Lipinski definition) is 5. The summed E-state index contributed by atoms with van der Waals surface area (Å²) in [5.74, 6) is 0.231. The van der Waals surface area contributed by atoms with E-state index in [0.717, 1.165) is 30.1 Å². The van der Waals surface area contributed by atoms with Crippen LogP contribution < -0.4 is 15.5 Å². The molecule has 1 aromatic carbocycles.